The van der Waals surface area contributed by atoms with Gasteiger partial charge in [-0.1, -0.05) is 12.1 Å². The number of methoxy groups -OCH3 is 1. The Labute approximate surface area is 117 Å². The first-order chi connectivity index (χ1) is 9.65. The summed E-state index contributed by atoms with van der Waals surface area (Å²) in [4.78, 5) is 23.9. The van der Waals surface area contributed by atoms with Crippen molar-refractivity contribution in [3.8, 4) is 0 Å². The van der Waals surface area contributed by atoms with Gasteiger partial charge in [0.1, 0.15) is 0 Å². The van der Waals surface area contributed by atoms with E-state index in [4.69, 9.17) is 4.74 Å². The van der Waals surface area contributed by atoms with Gasteiger partial charge in [0.15, 0.2) is 0 Å². The van der Waals surface area contributed by atoms with E-state index in [0.29, 0.717) is 24.2 Å². The predicted molar refractivity (Wildman–Crippen MR) is 75.7 cm³/mol. The minimum atomic E-state index is -0.294. The predicted octanol–water partition coefficient (Wildman–Crippen LogP) is 0.362. The Balaban J connectivity index is 2.07. The fourth-order valence-electron chi connectivity index (χ4n) is 2.23. The van der Waals surface area contributed by atoms with Crippen LogP contribution in [0.15, 0.2) is 24.3 Å². The molecule has 6 nitrogen and oxygen atoms in total. The van der Waals surface area contributed by atoms with Gasteiger partial charge in [-0.15, -0.1) is 0 Å². The number of ether oxygens (including phenoxy) is 1. The highest BCUT2D eigenvalue weighted by Crippen LogP contribution is 2.17. The molecule has 0 aromatic heterocycles. The lowest BCUT2D eigenvalue weighted by molar-refractivity contribution is -0.118. The number of anilines is 1. The Morgan fingerprint density at radius 3 is 2.75 bits per heavy atom. The Kier molecular flexibility index (Phi) is 4.70. The van der Waals surface area contributed by atoms with Crippen LogP contribution in [0.1, 0.15) is 16.8 Å². The summed E-state index contributed by atoms with van der Waals surface area (Å²) >= 11 is 0. The number of amides is 2. The summed E-state index contributed by atoms with van der Waals surface area (Å²) in [5.41, 5.74) is 0.962. The van der Waals surface area contributed by atoms with Crippen LogP contribution in [0.5, 0.6) is 0 Å². The first-order valence-corrected chi connectivity index (χ1v) is 6.54. The van der Waals surface area contributed by atoms with Crippen LogP contribution in [-0.2, 0) is 9.53 Å². The summed E-state index contributed by atoms with van der Waals surface area (Å²) < 4.78 is 5.21. The Morgan fingerprint density at radius 2 is 2.10 bits per heavy atom. The lowest BCUT2D eigenvalue weighted by atomic mass is 10.1. The maximum Gasteiger partial charge on any atom is 0.253 e. The molecule has 2 unspecified atom stereocenters. The average molecular weight is 277 g/mol. The molecule has 20 heavy (non-hydrogen) atoms. The topological polar surface area (TPSA) is 79.5 Å². The van der Waals surface area contributed by atoms with Crippen molar-refractivity contribution in [1.82, 2.24) is 10.6 Å². The van der Waals surface area contributed by atoms with Crippen molar-refractivity contribution >= 4 is 17.5 Å². The fourth-order valence-corrected chi connectivity index (χ4v) is 2.23. The number of hydrogen-bond acceptors (Lipinski definition) is 4. The van der Waals surface area contributed by atoms with Crippen LogP contribution in [-0.4, -0.2) is 44.7 Å². The number of hydrogen-bond donors (Lipinski definition) is 3. The second kappa shape index (κ2) is 6.49. The summed E-state index contributed by atoms with van der Waals surface area (Å²) in [5.74, 6) is -0.379. The van der Waals surface area contributed by atoms with E-state index in [9.17, 15) is 9.59 Å². The van der Waals surface area contributed by atoms with E-state index in [1.807, 2.05) is 0 Å². The van der Waals surface area contributed by atoms with E-state index in [-0.39, 0.29) is 24.0 Å². The van der Waals surface area contributed by atoms with Crippen molar-refractivity contribution in [2.24, 2.45) is 0 Å². The molecule has 1 fully saturated rings. The van der Waals surface area contributed by atoms with Gasteiger partial charge in [-0.3, -0.25) is 9.59 Å². The van der Waals surface area contributed by atoms with Gasteiger partial charge in [-0.05, 0) is 18.6 Å². The van der Waals surface area contributed by atoms with Gasteiger partial charge >= 0.3 is 0 Å². The molecule has 1 aromatic carbocycles. The molecule has 2 rings (SSSR count). The van der Waals surface area contributed by atoms with Crippen LogP contribution < -0.4 is 16.0 Å². The second-order valence-electron chi connectivity index (χ2n) is 4.67. The summed E-state index contributed by atoms with van der Waals surface area (Å²) in [5, 5.41) is 8.45. The maximum absolute atomic E-state index is 12.2. The molecule has 2 amide bonds. The molecular weight excluding hydrogens is 258 g/mol. The molecule has 1 heterocycles. The molecule has 1 saturated heterocycles. The molecule has 1 aromatic rings. The molecule has 3 N–H and O–H groups in total. The minimum Gasteiger partial charge on any atom is -0.380 e. The lowest BCUT2D eigenvalue weighted by Gasteiger charge is -2.13. The van der Waals surface area contributed by atoms with Crippen molar-refractivity contribution in [3.63, 3.8) is 0 Å². The SMILES string of the molecule is CNC(=O)c1ccccc1NC(=O)C1CC(OC)CN1. The highest BCUT2D eigenvalue weighted by molar-refractivity contribution is 6.04. The normalized spacial score (nSPS) is 21.5. The van der Waals surface area contributed by atoms with Gasteiger partial charge in [0.05, 0.1) is 23.4 Å². The van der Waals surface area contributed by atoms with E-state index in [0.717, 1.165) is 0 Å². The zero-order chi connectivity index (χ0) is 14.5. The maximum atomic E-state index is 12.2. The van der Waals surface area contributed by atoms with E-state index in [1.54, 1.807) is 38.4 Å². The summed E-state index contributed by atoms with van der Waals surface area (Å²) in [6.45, 7) is 0.658. The summed E-state index contributed by atoms with van der Waals surface area (Å²) in [6.07, 6.45) is 0.685. The average Bonchev–Trinajstić information content (AvgIpc) is 2.96. The third kappa shape index (κ3) is 3.15. The van der Waals surface area contributed by atoms with Crippen molar-refractivity contribution < 1.29 is 14.3 Å². The highest BCUT2D eigenvalue weighted by Gasteiger charge is 2.29. The van der Waals surface area contributed by atoms with Gasteiger partial charge in [-0.2, -0.15) is 0 Å². The summed E-state index contributed by atoms with van der Waals surface area (Å²) in [7, 11) is 3.19. The lowest BCUT2D eigenvalue weighted by Crippen LogP contribution is -2.36. The van der Waals surface area contributed by atoms with E-state index >= 15 is 0 Å². The number of benzene rings is 1. The smallest absolute Gasteiger partial charge is 0.253 e. The number of carbonyl (C=O) groups excluding carboxylic acids is 2. The molecule has 1 aliphatic heterocycles. The molecule has 0 aliphatic carbocycles. The molecule has 0 spiro atoms. The zero-order valence-corrected chi connectivity index (χ0v) is 11.6. The van der Waals surface area contributed by atoms with Gasteiger partial charge in [0.25, 0.3) is 5.91 Å². The molecule has 1 aliphatic rings. The number of para-hydroxylation sites is 1. The molecule has 0 saturated carbocycles. The van der Waals surface area contributed by atoms with Gasteiger partial charge < -0.3 is 20.7 Å². The molecule has 108 valence electrons. The first kappa shape index (κ1) is 14.5. The second-order valence-corrected chi connectivity index (χ2v) is 4.67. The monoisotopic (exact) mass is 277 g/mol. The molecular formula is C14H19N3O3. The Morgan fingerprint density at radius 1 is 1.35 bits per heavy atom. The van der Waals surface area contributed by atoms with Crippen LogP contribution in [0.25, 0.3) is 0 Å². The number of carbonyl (C=O) groups is 2. The van der Waals surface area contributed by atoms with Gasteiger partial charge in [-0.25, -0.2) is 0 Å². The Bertz CT molecular complexity index is 504. The van der Waals surface area contributed by atoms with E-state index in [2.05, 4.69) is 16.0 Å². The van der Waals surface area contributed by atoms with Crippen LogP contribution >= 0.6 is 0 Å². The minimum absolute atomic E-state index is 0.0555. The Hall–Kier alpha value is -1.92. The highest BCUT2D eigenvalue weighted by atomic mass is 16.5. The van der Waals surface area contributed by atoms with E-state index in [1.165, 1.54) is 0 Å². The van der Waals surface area contributed by atoms with Crippen LogP contribution in [0, 0.1) is 0 Å². The summed E-state index contributed by atoms with van der Waals surface area (Å²) in [6, 6.07) is 6.63. The van der Waals surface area contributed by atoms with E-state index < -0.39 is 0 Å². The molecule has 6 heteroatoms. The number of rotatable bonds is 4. The van der Waals surface area contributed by atoms with Crippen LogP contribution in [0.3, 0.4) is 0 Å². The van der Waals surface area contributed by atoms with Gasteiger partial charge in [0.2, 0.25) is 5.91 Å². The van der Waals surface area contributed by atoms with Crippen molar-refractivity contribution in [2.75, 3.05) is 26.0 Å². The van der Waals surface area contributed by atoms with Crippen LogP contribution in [0.4, 0.5) is 5.69 Å². The largest absolute Gasteiger partial charge is 0.380 e. The van der Waals surface area contributed by atoms with Gasteiger partial charge in [0, 0.05) is 20.7 Å². The standard InChI is InChI=1S/C14H19N3O3/c1-15-13(18)10-5-3-4-6-11(10)17-14(19)12-7-9(20-2)8-16-12/h3-6,9,12,16H,7-8H2,1-2H3,(H,15,18)(H,17,19). The third-order valence-electron chi connectivity index (χ3n) is 3.40. The zero-order valence-electron chi connectivity index (χ0n) is 11.6. The number of nitrogens with one attached hydrogen (secondary N) is 3. The van der Waals surface area contributed by atoms with Crippen molar-refractivity contribution in [1.29, 1.82) is 0 Å². The molecule has 2 atom stereocenters. The first-order valence-electron chi connectivity index (χ1n) is 6.54. The fraction of sp³-hybridized carbons (Fsp3) is 0.429. The molecule has 0 bridgehead atoms. The van der Waals surface area contributed by atoms with Crippen LogP contribution in [0.2, 0.25) is 0 Å². The van der Waals surface area contributed by atoms with Crippen molar-refractivity contribution in [2.45, 2.75) is 18.6 Å². The van der Waals surface area contributed by atoms with Crippen molar-refractivity contribution in [3.05, 3.63) is 29.8 Å². The quantitative estimate of drug-likeness (QED) is 0.742. The molecule has 0 radical (unpaired) electrons. The third-order valence-corrected chi connectivity index (χ3v) is 3.40.